The molecule has 1 aromatic heterocycles. The van der Waals surface area contributed by atoms with Crippen LogP contribution < -0.4 is 15.4 Å². The first-order valence-corrected chi connectivity index (χ1v) is 9.36. The van der Waals surface area contributed by atoms with Gasteiger partial charge in [0.15, 0.2) is 0 Å². The fraction of sp³-hybridized carbons (Fsp3) is 0.333. The molecule has 0 spiro atoms. The quantitative estimate of drug-likeness (QED) is 0.696. The van der Waals surface area contributed by atoms with Gasteiger partial charge in [0, 0.05) is 18.9 Å². The van der Waals surface area contributed by atoms with Crippen LogP contribution in [0.1, 0.15) is 30.0 Å². The van der Waals surface area contributed by atoms with Crippen LogP contribution in [0.15, 0.2) is 42.7 Å². The summed E-state index contributed by atoms with van der Waals surface area (Å²) in [6.07, 6.45) is 3.62. The Balaban J connectivity index is 1.75. The van der Waals surface area contributed by atoms with E-state index in [0.29, 0.717) is 24.3 Å². The lowest BCUT2D eigenvalue weighted by Gasteiger charge is -2.26. The molecule has 1 aromatic carbocycles. The van der Waals surface area contributed by atoms with Gasteiger partial charge in [-0.25, -0.2) is 4.79 Å². The Morgan fingerprint density at radius 2 is 1.97 bits per heavy atom. The molecule has 0 radical (unpaired) electrons. The minimum Gasteiger partial charge on any atom is -0.496 e. The Morgan fingerprint density at radius 3 is 2.59 bits per heavy atom. The SMILES string of the molecule is CCC1(c2ccc(OC)c(C)c2)NC(=O)N(CC(=O)NCc2ccncc2)C1=O. The molecule has 3 rings (SSSR count). The minimum atomic E-state index is -1.19. The Kier molecular flexibility index (Phi) is 5.81. The van der Waals surface area contributed by atoms with Crippen molar-refractivity contribution in [1.29, 1.82) is 0 Å². The third-order valence-corrected chi connectivity index (χ3v) is 5.13. The smallest absolute Gasteiger partial charge is 0.325 e. The number of nitrogens with one attached hydrogen (secondary N) is 2. The lowest BCUT2D eigenvalue weighted by molar-refractivity contribution is -0.135. The summed E-state index contributed by atoms with van der Waals surface area (Å²) in [7, 11) is 1.58. The summed E-state index contributed by atoms with van der Waals surface area (Å²) in [5.41, 5.74) is 1.20. The van der Waals surface area contributed by atoms with Crippen molar-refractivity contribution >= 4 is 17.8 Å². The van der Waals surface area contributed by atoms with E-state index in [1.807, 2.05) is 19.9 Å². The van der Waals surface area contributed by atoms with Crippen molar-refractivity contribution in [3.63, 3.8) is 0 Å². The van der Waals surface area contributed by atoms with Crippen LogP contribution in [0.2, 0.25) is 0 Å². The molecule has 29 heavy (non-hydrogen) atoms. The molecule has 0 saturated carbocycles. The number of aryl methyl sites for hydroxylation is 1. The van der Waals surface area contributed by atoms with E-state index in [1.165, 1.54) is 0 Å². The van der Waals surface area contributed by atoms with Crippen LogP contribution in [0.3, 0.4) is 0 Å². The lowest BCUT2D eigenvalue weighted by atomic mass is 9.86. The van der Waals surface area contributed by atoms with Crippen LogP contribution in [0, 0.1) is 6.92 Å². The standard InChI is InChI=1S/C21H24N4O4/c1-4-21(16-5-6-17(29-3)14(2)11-16)19(27)25(20(28)24-21)13-18(26)23-12-15-7-9-22-10-8-15/h5-11H,4,12-13H2,1-3H3,(H,23,26)(H,24,28). The van der Waals surface area contributed by atoms with Crippen LogP contribution in [0.25, 0.3) is 0 Å². The van der Waals surface area contributed by atoms with E-state index in [2.05, 4.69) is 15.6 Å². The number of benzene rings is 1. The molecule has 1 aliphatic rings. The minimum absolute atomic E-state index is 0.293. The highest BCUT2D eigenvalue weighted by molar-refractivity contribution is 6.09. The number of aromatic nitrogens is 1. The van der Waals surface area contributed by atoms with Gasteiger partial charge in [0.25, 0.3) is 5.91 Å². The molecule has 0 aliphatic carbocycles. The maximum atomic E-state index is 13.2. The van der Waals surface area contributed by atoms with Crippen molar-refractivity contribution in [3.05, 3.63) is 59.4 Å². The number of nitrogens with zero attached hydrogens (tertiary/aromatic N) is 2. The van der Waals surface area contributed by atoms with E-state index < -0.39 is 23.4 Å². The first-order chi connectivity index (χ1) is 13.9. The molecule has 1 atom stereocenters. The van der Waals surface area contributed by atoms with Crippen LogP contribution >= 0.6 is 0 Å². The second-order valence-electron chi connectivity index (χ2n) is 6.90. The monoisotopic (exact) mass is 396 g/mol. The summed E-state index contributed by atoms with van der Waals surface area (Å²) < 4.78 is 5.27. The number of pyridine rings is 1. The van der Waals surface area contributed by atoms with Crippen molar-refractivity contribution in [2.75, 3.05) is 13.7 Å². The summed E-state index contributed by atoms with van der Waals surface area (Å²) >= 11 is 0. The predicted octanol–water partition coefficient (Wildman–Crippen LogP) is 1.87. The van der Waals surface area contributed by atoms with Gasteiger partial charge in [-0.2, -0.15) is 0 Å². The van der Waals surface area contributed by atoms with Crippen LogP contribution in [0.5, 0.6) is 5.75 Å². The molecule has 1 fully saturated rings. The number of hydrogen-bond donors (Lipinski definition) is 2. The van der Waals surface area contributed by atoms with Gasteiger partial charge in [-0.05, 0) is 54.3 Å². The molecule has 1 unspecified atom stereocenters. The van der Waals surface area contributed by atoms with Gasteiger partial charge < -0.3 is 15.4 Å². The molecule has 8 heteroatoms. The van der Waals surface area contributed by atoms with E-state index in [-0.39, 0.29) is 6.54 Å². The zero-order valence-electron chi connectivity index (χ0n) is 16.7. The molecular weight excluding hydrogens is 372 g/mol. The average Bonchev–Trinajstić information content (AvgIpc) is 2.98. The molecule has 2 aromatic rings. The zero-order chi connectivity index (χ0) is 21.0. The molecule has 8 nitrogen and oxygen atoms in total. The molecule has 152 valence electrons. The summed E-state index contributed by atoms with van der Waals surface area (Å²) in [4.78, 5) is 42.9. The lowest BCUT2D eigenvalue weighted by Crippen LogP contribution is -2.44. The second kappa shape index (κ2) is 8.30. The van der Waals surface area contributed by atoms with Crippen LogP contribution in [0.4, 0.5) is 4.79 Å². The third-order valence-electron chi connectivity index (χ3n) is 5.13. The largest absolute Gasteiger partial charge is 0.496 e. The number of imide groups is 1. The van der Waals surface area contributed by atoms with Gasteiger partial charge in [-0.3, -0.25) is 19.5 Å². The van der Waals surface area contributed by atoms with Gasteiger partial charge in [0.05, 0.1) is 7.11 Å². The van der Waals surface area contributed by atoms with E-state index in [9.17, 15) is 14.4 Å². The van der Waals surface area contributed by atoms with Crippen molar-refractivity contribution in [3.8, 4) is 5.75 Å². The van der Waals surface area contributed by atoms with Gasteiger partial charge >= 0.3 is 6.03 Å². The number of carbonyl (C=O) groups excluding carboxylic acids is 3. The second-order valence-corrected chi connectivity index (χ2v) is 6.90. The van der Waals surface area contributed by atoms with Crippen molar-refractivity contribution in [2.45, 2.75) is 32.4 Å². The number of ether oxygens (including phenoxy) is 1. The summed E-state index contributed by atoms with van der Waals surface area (Å²) in [6, 6.07) is 8.34. The summed E-state index contributed by atoms with van der Waals surface area (Å²) in [6.45, 7) is 3.65. The molecule has 1 aliphatic heterocycles. The first-order valence-electron chi connectivity index (χ1n) is 9.36. The Bertz CT molecular complexity index is 932. The number of methoxy groups -OCH3 is 1. The first kappa shape index (κ1) is 20.3. The zero-order valence-corrected chi connectivity index (χ0v) is 16.7. The molecule has 4 amide bonds. The molecule has 1 saturated heterocycles. The van der Waals surface area contributed by atoms with E-state index in [4.69, 9.17) is 4.74 Å². The van der Waals surface area contributed by atoms with E-state index >= 15 is 0 Å². The van der Waals surface area contributed by atoms with Crippen molar-refractivity contribution in [1.82, 2.24) is 20.5 Å². The van der Waals surface area contributed by atoms with E-state index in [1.54, 1.807) is 43.8 Å². The van der Waals surface area contributed by atoms with Gasteiger partial charge in [-0.15, -0.1) is 0 Å². The van der Waals surface area contributed by atoms with Crippen LogP contribution in [-0.4, -0.2) is 41.4 Å². The number of hydrogen-bond acceptors (Lipinski definition) is 5. The van der Waals surface area contributed by atoms with Crippen molar-refractivity contribution in [2.24, 2.45) is 0 Å². The fourth-order valence-electron chi connectivity index (χ4n) is 3.45. The third kappa shape index (κ3) is 3.91. The van der Waals surface area contributed by atoms with Gasteiger partial charge in [0.2, 0.25) is 5.91 Å². The summed E-state index contributed by atoms with van der Waals surface area (Å²) in [5.74, 6) is -0.152. The molecular formula is C21H24N4O4. The van der Waals surface area contributed by atoms with Gasteiger partial charge in [-0.1, -0.05) is 13.0 Å². The Morgan fingerprint density at radius 1 is 1.24 bits per heavy atom. The molecule has 2 heterocycles. The predicted molar refractivity (Wildman–Crippen MR) is 106 cm³/mol. The number of urea groups is 1. The topological polar surface area (TPSA) is 101 Å². The summed E-state index contributed by atoms with van der Waals surface area (Å²) in [5, 5.41) is 5.50. The fourth-order valence-corrected chi connectivity index (χ4v) is 3.45. The Labute approximate surface area is 169 Å². The maximum absolute atomic E-state index is 13.2. The van der Waals surface area contributed by atoms with Crippen molar-refractivity contribution < 1.29 is 19.1 Å². The highest BCUT2D eigenvalue weighted by atomic mass is 16.5. The normalized spacial score (nSPS) is 18.5. The van der Waals surface area contributed by atoms with Gasteiger partial charge in [0.1, 0.15) is 17.8 Å². The Hall–Kier alpha value is -3.42. The number of rotatable bonds is 7. The number of amides is 4. The highest BCUT2D eigenvalue weighted by Crippen LogP contribution is 2.34. The average molecular weight is 396 g/mol. The maximum Gasteiger partial charge on any atom is 0.325 e. The molecule has 0 bridgehead atoms. The van der Waals surface area contributed by atoms with Crippen LogP contribution in [-0.2, 0) is 21.7 Å². The van der Waals surface area contributed by atoms with E-state index in [0.717, 1.165) is 16.0 Å². The number of carbonyl (C=O) groups is 3. The molecule has 2 N–H and O–H groups in total. The highest BCUT2D eigenvalue weighted by Gasteiger charge is 2.51.